The minimum atomic E-state index is -0.192. The normalized spacial score (nSPS) is 15.6. The Labute approximate surface area is 346 Å². The van der Waals surface area contributed by atoms with Gasteiger partial charge in [0, 0.05) is 28.0 Å². The molecule has 0 radical (unpaired) electrons. The van der Waals surface area contributed by atoms with Crippen LogP contribution in [0.1, 0.15) is 13.3 Å². The number of hydrogen-bond donors (Lipinski definition) is 0. The molecule has 2 aliphatic heterocycles. The molecule has 280 valence electrons. The van der Waals surface area contributed by atoms with Crippen LogP contribution in [0.5, 0.6) is 23.0 Å². The minimum absolute atomic E-state index is 0.0994. The van der Waals surface area contributed by atoms with Crippen LogP contribution in [0.4, 0.5) is 11.4 Å². The number of rotatable bonds is 7. The predicted octanol–water partition coefficient (Wildman–Crippen LogP) is 12.5. The molecule has 1 unspecified atom stereocenters. The molecule has 0 amide bonds. The van der Waals surface area contributed by atoms with Gasteiger partial charge in [-0.1, -0.05) is 170 Å². The first kappa shape index (κ1) is 34.9. The number of ether oxygens (including phenoxy) is 2. The Hall–Kier alpha value is -7.30. The van der Waals surface area contributed by atoms with Crippen molar-refractivity contribution in [2.75, 3.05) is 4.90 Å². The fourth-order valence-corrected chi connectivity index (χ4v) is 9.23. The fraction of sp³-hybridized carbons (Fsp3) is 0.0545. The Bertz CT molecular complexity index is 2910. The van der Waals surface area contributed by atoms with Crippen molar-refractivity contribution in [1.29, 1.82) is 0 Å². The third-order valence-electron chi connectivity index (χ3n) is 12.1. The van der Waals surface area contributed by atoms with E-state index < -0.39 is 0 Å². The SMILES string of the molecule is CC1(N(c2ccccc2)c2ccc(-c3ccc4c(c3)Oc3c(-c5ccccc5)cc(-c5ccccc5)c5c3B4c3ccc(-c4ccccc4)cc3O5)cc2)C=CC=CC1. The van der Waals surface area contributed by atoms with E-state index >= 15 is 0 Å². The molecule has 8 aromatic rings. The number of allylic oxidation sites excluding steroid dienone is 2. The first-order chi connectivity index (χ1) is 29.1. The summed E-state index contributed by atoms with van der Waals surface area (Å²) in [6.45, 7) is 2.21. The van der Waals surface area contributed by atoms with Crippen molar-refractivity contribution in [3.05, 3.63) is 212 Å². The lowest BCUT2D eigenvalue weighted by Gasteiger charge is -2.41. The summed E-state index contributed by atoms with van der Waals surface area (Å²) < 4.78 is 14.3. The van der Waals surface area contributed by atoms with E-state index in [1.807, 2.05) is 0 Å². The molecule has 0 saturated carbocycles. The number of anilines is 2. The van der Waals surface area contributed by atoms with Crippen LogP contribution in [-0.2, 0) is 0 Å². The third kappa shape index (κ3) is 6.08. The molecule has 3 nitrogen and oxygen atoms in total. The highest BCUT2D eigenvalue weighted by Gasteiger charge is 2.43. The molecule has 4 heteroatoms. The summed E-state index contributed by atoms with van der Waals surface area (Å²) in [5.74, 6) is 3.41. The second-order valence-electron chi connectivity index (χ2n) is 15.9. The van der Waals surface area contributed by atoms with Crippen molar-refractivity contribution in [1.82, 2.24) is 0 Å². The average Bonchev–Trinajstić information content (AvgIpc) is 3.30. The molecule has 11 rings (SSSR count). The number of nitrogens with zero attached hydrogens (tertiary/aromatic N) is 1. The van der Waals surface area contributed by atoms with E-state index in [0.717, 1.165) is 96.0 Å². The molecule has 0 spiro atoms. The van der Waals surface area contributed by atoms with Gasteiger partial charge in [0.15, 0.2) is 0 Å². The van der Waals surface area contributed by atoms with Gasteiger partial charge in [-0.3, -0.25) is 0 Å². The largest absolute Gasteiger partial charge is 0.458 e. The summed E-state index contributed by atoms with van der Waals surface area (Å²) >= 11 is 0. The Morgan fingerprint density at radius 1 is 0.458 bits per heavy atom. The Morgan fingerprint density at radius 3 is 1.42 bits per heavy atom. The molecule has 0 fully saturated rings. The van der Waals surface area contributed by atoms with Crippen LogP contribution < -0.4 is 30.8 Å². The van der Waals surface area contributed by atoms with Crippen molar-refractivity contribution in [3.63, 3.8) is 0 Å². The molecule has 1 atom stereocenters. The topological polar surface area (TPSA) is 21.7 Å². The van der Waals surface area contributed by atoms with E-state index in [9.17, 15) is 0 Å². The van der Waals surface area contributed by atoms with Crippen LogP contribution in [0, 0.1) is 0 Å². The summed E-state index contributed by atoms with van der Waals surface area (Å²) in [5, 5.41) is 0. The number of fused-ring (bicyclic) bond motifs is 4. The molecule has 0 bridgehead atoms. The fourth-order valence-electron chi connectivity index (χ4n) is 9.23. The summed E-state index contributed by atoms with van der Waals surface area (Å²) in [5.41, 5.74) is 14.2. The van der Waals surface area contributed by atoms with Crippen LogP contribution in [0.3, 0.4) is 0 Å². The van der Waals surface area contributed by atoms with Crippen LogP contribution in [-0.4, -0.2) is 12.3 Å². The summed E-state index contributed by atoms with van der Waals surface area (Å²) in [6, 6.07) is 67.0. The molecular formula is C55H40BNO2. The smallest absolute Gasteiger partial charge is 0.260 e. The Morgan fingerprint density at radius 2 is 0.915 bits per heavy atom. The predicted molar refractivity (Wildman–Crippen MR) is 246 cm³/mol. The van der Waals surface area contributed by atoms with Gasteiger partial charge in [0.1, 0.15) is 23.0 Å². The van der Waals surface area contributed by atoms with Gasteiger partial charge in [-0.2, -0.15) is 0 Å². The second kappa shape index (κ2) is 14.3. The van der Waals surface area contributed by atoms with E-state index in [0.29, 0.717) is 0 Å². The monoisotopic (exact) mass is 757 g/mol. The zero-order valence-corrected chi connectivity index (χ0v) is 32.8. The van der Waals surface area contributed by atoms with E-state index in [2.05, 4.69) is 224 Å². The van der Waals surface area contributed by atoms with Crippen LogP contribution in [0.25, 0.3) is 44.5 Å². The van der Waals surface area contributed by atoms with E-state index in [1.54, 1.807) is 0 Å². The van der Waals surface area contributed by atoms with Gasteiger partial charge in [0.05, 0.1) is 5.54 Å². The van der Waals surface area contributed by atoms with Crippen molar-refractivity contribution < 1.29 is 9.47 Å². The van der Waals surface area contributed by atoms with Gasteiger partial charge in [-0.25, -0.2) is 0 Å². The van der Waals surface area contributed by atoms with Gasteiger partial charge in [-0.05, 0) is 100 Å². The van der Waals surface area contributed by atoms with Crippen LogP contribution >= 0.6 is 0 Å². The van der Waals surface area contributed by atoms with E-state index in [1.165, 1.54) is 5.69 Å². The average molecular weight is 758 g/mol. The van der Waals surface area contributed by atoms with Crippen molar-refractivity contribution >= 4 is 34.5 Å². The van der Waals surface area contributed by atoms with Gasteiger partial charge >= 0.3 is 0 Å². The molecule has 3 aliphatic rings. The minimum Gasteiger partial charge on any atom is -0.458 e. The van der Waals surface area contributed by atoms with Crippen molar-refractivity contribution in [2.24, 2.45) is 0 Å². The third-order valence-corrected chi connectivity index (χ3v) is 12.1. The lowest BCUT2D eigenvalue weighted by Crippen LogP contribution is -2.57. The number of para-hydroxylation sites is 1. The van der Waals surface area contributed by atoms with Crippen molar-refractivity contribution in [2.45, 2.75) is 18.9 Å². The molecule has 0 N–H and O–H groups in total. The van der Waals surface area contributed by atoms with E-state index in [-0.39, 0.29) is 12.3 Å². The second-order valence-corrected chi connectivity index (χ2v) is 15.9. The summed E-state index contributed by atoms with van der Waals surface area (Å²) in [7, 11) is 0. The van der Waals surface area contributed by atoms with Crippen LogP contribution in [0.2, 0.25) is 0 Å². The van der Waals surface area contributed by atoms with Gasteiger partial charge in [0.2, 0.25) is 0 Å². The molecule has 1 aliphatic carbocycles. The Balaban J connectivity index is 1.06. The molecule has 59 heavy (non-hydrogen) atoms. The van der Waals surface area contributed by atoms with E-state index in [4.69, 9.17) is 9.47 Å². The highest BCUT2D eigenvalue weighted by molar-refractivity contribution is 6.98. The number of benzene rings is 8. The molecule has 8 aromatic carbocycles. The van der Waals surface area contributed by atoms with Gasteiger partial charge < -0.3 is 14.4 Å². The highest BCUT2D eigenvalue weighted by atomic mass is 16.5. The number of hydrogen-bond acceptors (Lipinski definition) is 3. The highest BCUT2D eigenvalue weighted by Crippen LogP contribution is 2.47. The molecule has 0 saturated heterocycles. The first-order valence-corrected chi connectivity index (χ1v) is 20.4. The maximum atomic E-state index is 7.18. The van der Waals surface area contributed by atoms with Crippen molar-refractivity contribution in [3.8, 4) is 67.5 Å². The lowest BCUT2D eigenvalue weighted by molar-refractivity contribution is 0.467. The first-order valence-electron chi connectivity index (χ1n) is 20.4. The van der Waals surface area contributed by atoms with Gasteiger partial charge in [-0.15, -0.1) is 0 Å². The standard InChI is InChI=1S/C55H40BNO2/c1-55(33-15-6-16-34-55)57(44-23-13-5-14-24-44)45-29-25-39(26-30-45)43-28-32-49-51(36-43)59-54-47(41-21-11-4-12-22-41)37-46(40-19-9-3-10-20-40)53-52(54)56(49)48-31-27-42(35-50(48)58-53)38-17-7-2-8-18-38/h2-33,35-37H,34H2,1H3. The maximum absolute atomic E-state index is 7.18. The quantitative estimate of drug-likeness (QED) is 0.151. The Kier molecular flexibility index (Phi) is 8.44. The maximum Gasteiger partial charge on any atom is 0.260 e. The molecular weight excluding hydrogens is 717 g/mol. The van der Waals surface area contributed by atoms with Crippen LogP contribution in [0.15, 0.2) is 212 Å². The zero-order chi connectivity index (χ0) is 39.3. The summed E-state index contributed by atoms with van der Waals surface area (Å²) in [4.78, 5) is 2.45. The summed E-state index contributed by atoms with van der Waals surface area (Å²) in [6.07, 6.45) is 9.78. The lowest BCUT2D eigenvalue weighted by atomic mass is 9.34. The zero-order valence-electron chi connectivity index (χ0n) is 32.8. The molecule has 0 aromatic heterocycles. The molecule has 2 heterocycles. The van der Waals surface area contributed by atoms with Gasteiger partial charge in [0.25, 0.3) is 6.71 Å².